The molecule has 0 N–H and O–H groups in total. The second kappa shape index (κ2) is 13.4. The van der Waals surface area contributed by atoms with Crippen LogP contribution >= 0.6 is 0 Å². The molecule has 0 bridgehead atoms. The highest BCUT2D eigenvalue weighted by molar-refractivity contribution is 6.21. The molecule has 59 heavy (non-hydrogen) atoms. The van der Waals surface area contributed by atoms with Gasteiger partial charge in [0.1, 0.15) is 11.2 Å². The minimum Gasteiger partial charge on any atom is -0.455 e. The summed E-state index contributed by atoms with van der Waals surface area (Å²) in [5.74, 6) is 0. The largest absolute Gasteiger partial charge is 0.455 e. The molecule has 10 aromatic carbocycles. The van der Waals surface area contributed by atoms with Crippen LogP contribution in [-0.2, 0) is 0 Å². The van der Waals surface area contributed by atoms with Crippen LogP contribution in [0.3, 0.4) is 0 Å². The molecule has 0 aliphatic heterocycles. The Balaban J connectivity index is 1.15. The van der Waals surface area contributed by atoms with E-state index in [9.17, 15) is 0 Å². The number of para-hydroxylation sites is 3. The Bertz CT molecular complexity index is 3540. The first kappa shape index (κ1) is 33.3. The maximum atomic E-state index is 6.92. The van der Waals surface area contributed by atoms with E-state index in [1.54, 1.807) is 0 Å². The van der Waals surface area contributed by atoms with E-state index in [-0.39, 0.29) is 0 Å². The predicted molar refractivity (Wildman–Crippen MR) is 249 cm³/mol. The number of hydrogen-bond acceptors (Lipinski definition) is 2. The summed E-state index contributed by atoms with van der Waals surface area (Å²) in [6.07, 6.45) is 0. The predicted octanol–water partition coefficient (Wildman–Crippen LogP) is 15.8. The van der Waals surface area contributed by atoms with Crippen molar-refractivity contribution in [1.29, 1.82) is 0 Å². The SMILES string of the molecule is c1ccc(-c2ccc(-c3ccc(N(c4ccc5c(c4)c4ccccc4n5-c4ccccc4)c4cccc5ccc6ccccc6c45)c4c3oc3ccccc34)cc2)cc1. The van der Waals surface area contributed by atoms with E-state index < -0.39 is 0 Å². The van der Waals surface area contributed by atoms with Gasteiger partial charge in [-0.05, 0) is 93.5 Å². The van der Waals surface area contributed by atoms with Crippen molar-refractivity contribution in [3.63, 3.8) is 0 Å². The zero-order chi connectivity index (χ0) is 38.9. The second-order valence-electron chi connectivity index (χ2n) is 15.3. The molecule has 0 saturated heterocycles. The molecule has 0 atom stereocenters. The van der Waals surface area contributed by atoms with Gasteiger partial charge in [-0.1, -0.05) is 158 Å². The third-order valence-corrected chi connectivity index (χ3v) is 12.0. The number of nitrogens with zero attached hydrogens (tertiary/aromatic N) is 2. The molecule has 2 heterocycles. The molecule has 3 nitrogen and oxygen atoms in total. The van der Waals surface area contributed by atoms with Crippen LogP contribution in [-0.4, -0.2) is 4.57 Å². The summed E-state index contributed by atoms with van der Waals surface area (Å²) in [7, 11) is 0. The summed E-state index contributed by atoms with van der Waals surface area (Å²) < 4.78 is 9.30. The van der Waals surface area contributed by atoms with Crippen LogP contribution in [0.2, 0.25) is 0 Å². The molecule has 0 amide bonds. The lowest BCUT2D eigenvalue weighted by molar-refractivity contribution is 0.670. The van der Waals surface area contributed by atoms with Crippen LogP contribution in [0.1, 0.15) is 0 Å². The maximum absolute atomic E-state index is 6.92. The van der Waals surface area contributed by atoms with Gasteiger partial charge in [-0.25, -0.2) is 0 Å². The van der Waals surface area contributed by atoms with E-state index >= 15 is 0 Å². The molecule has 276 valence electrons. The van der Waals surface area contributed by atoms with E-state index in [1.165, 1.54) is 49.0 Å². The highest BCUT2D eigenvalue weighted by atomic mass is 16.3. The molecule has 2 aromatic heterocycles. The molecule has 3 heteroatoms. The van der Waals surface area contributed by atoms with Crippen molar-refractivity contribution in [1.82, 2.24) is 4.57 Å². The Morgan fingerprint density at radius 3 is 1.85 bits per heavy atom. The highest BCUT2D eigenvalue weighted by Gasteiger charge is 2.25. The zero-order valence-corrected chi connectivity index (χ0v) is 32.1. The number of anilines is 3. The van der Waals surface area contributed by atoms with E-state index in [1.807, 2.05) is 0 Å². The average Bonchev–Trinajstić information content (AvgIpc) is 3.86. The number of furan rings is 1. The van der Waals surface area contributed by atoms with Crippen molar-refractivity contribution in [2.45, 2.75) is 0 Å². The van der Waals surface area contributed by atoms with E-state index in [0.29, 0.717) is 0 Å². The number of aromatic nitrogens is 1. The van der Waals surface area contributed by atoms with Crippen molar-refractivity contribution in [3.05, 3.63) is 218 Å². The maximum Gasteiger partial charge on any atom is 0.145 e. The van der Waals surface area contributed by atoms with Crippen LogP contribution in [0.5, 0.6) is 0 Å². The molecule has 0 saturated carbocycles. The Kier molecular flexibility index (Phi) is 7.54. The summed E-state index contributed by atoms with van der Waals surface area (Å²) >= 11 is 0. The van der Waals surface area contributed by atoms with Gasteiger partial charge in [0.25, 0.3) is 0 Å². The van der Waals surface area contributed by atoms with Crippen LogP contribution < -0.4 is 4.90 Å². The summed E-state index contributed by atoms with van der Waals surface area (Å²) in [5, 5.41) is 9.39. The topological polar surface area (TPSA) is 21.3 Å². The molecule has 0 unspecified atom stereocenters. The molecule has 12 aromatic rings. The lowest BCUT2D eigenvalue weighted by Gasteiger charge is -2.28. The second-order valence-corrected chi connectivity index (χ2v) is 15.3. The Morgan fingerprint density at radius 2 is 1.00 bits per heavy atom. The fourth-order valence-corrected chi connectivity index (χ4v) is 9.29. The fraction of sp³-hybridized carbons (Fsp3) is 0. The summed E-state index contributed by atoms with van der Waals surface area (Å²) in [6, 6.07) is 78.7. The molecular formula is C56H36N2O. The van der Waals surface area contributed by atoms with Gasteiger partial charge in [0.2, 0.25) is 0 Å². The smallest absolute Gasteiger partial charge is 0.145 e. The van der Waals surface area contributed by atoms with Gasteiger partial charge in [0.15, 0.2) is 0 Å². The first-order chi connectivity index (χ1) is 29.3. The minimum atomic E-state index is 0.863. The first-order valence-electron chi connectivity index (χ1n) is 20.2. The van der Waals surface area contributed by atoms with Gasteiger partial charge in [-0.2, -0.15) is 0 Å². The lowest BCUT2D eigenvalue weighted by Crippen LogP contribution is -2.11. The van der Waals surface area contributed by atoms with Crippen molar-refractivity contribution in [2.75, 3.05) is 4.90 Å². The molecule has 0 aliphatic carbocycles. The number of benzene rings is 10. The summed E-state index contributed by atoms with van der Waals surface area (Å²) in [6.45, 7) is 0. The zero-order valence-electron chi connectivity index (χ0n) is 32.1. The van der Waals surface area contributed by atoms with E-state index in [4.69, 9.17) is 4.42 Å². The molecule has 0 spiro atoms. The van der Waals surface area contributed by atoms with Gasteiger partial charge in [0, 0.05) is 38.5 Å². The Hall–Kier alpha value is -7.88. The molecule has 0 fully saturated rings. The van der Waals surface area contributed by atoms with Gasteiger partial charge < -0.3 is 13.9 Å². The van der Waals surface area contributed by atoms with Gasteiger partial charge in [-0.3, -0.25) is 0 Å². The van der Waals surface area contributed by atoms with E-state index in [0.717, 1.165) is 61.3 Å². The third-order valence-electron chi connectivity index (χ3n) is 12.0. The third kappa shape index (κ3) is 5.29. The van der Waals surface area contributed by atoms with Crippen LogP contribution in [0.25, 0.3) is 93.2 Å². The number of hydrogen-bond donors (Lipinski definition) is 0. The minimum absolute atomic E-state index is 0.863. The normalized spacial score (nSPS) is 11.7. The van der Waals surface area contributed by atoms with E-state index in [2.05, 4.69) is 228 Å². The first-order valence-corrected chi connectivity index (χ1v) is 20.2. The van der Waals surface area contributed by atoms with Crippen molar-refractivity contribution < 1.29 is 4.42 Å². The number of rotatable bonds is 6. The standard InChI is InChI=1S/C56H36N2O/c1-3-14-37(15-4-1)38-26-28-40(29-27-38)45-33-35-52(55-47-22-10-12-25-53(47)59-56(45)55)58(51-24-13-17-41-31-30-39-16-7-8-20-44(39)54(41)51)43-32-34-50-48(36-43)46-21-9-11-23-49(46)57(50)42-18-5-2-6-19-42/h1-36H. The fourth-order valence-electron chi connectivity index (χ4n) is 9.29. The van der Waals surface area contributed by atoms with Gasteiger partial charge >= 0.3 is 0 Å². The van der Waals surface area contributed by atoms with Crippen molar-refractivity contribution in [2.24, 2.45) is 0 Å². The van der Waals surface area contributed by atoms with Crippen LogP contribution in [0, 0.1) is 0 Å². The monoisotopic (exact) mass is 752 g/mol. The van der Waals surface area contributed by atoms with Crippen LogP contribution in [0.4, 0.5) is 17.1 Å². The highest BCUT2D eigenvalue weighted by Crippen LogP contribution is 2.49. The molecule has 12 rings (SSSR count). The molecule has 0 radical (unpaired) electrons. The Morgan fingerprint density at radius 1 is 0.373 bits per heavy atom. The average molecular weight is 753 g/mol. The lowest BCUT2D eigenvalue weighted by atomic mass is 9.96. The Labute approximate surface area is 341 Å². The number of fused-ring (bicyclic) bond motifs is 9. The molecule has 0 aliphatic rings. The van der Waals surface area contributed by atoms with Gasteiger partial charge in [0.05, 0.1) is 27.8 Å². The quantitative estimate of drug-likeness (QED) is 0.158. The van der Waals surface area contributed by atoms with Crippen LogP contribution in [0.15, 0.2) is 223 Å². The van der Waals surface area contributed by atoms with Crippen molar-refractivity contribution >= 4 is 82.4 Å². The summed E-state index contributed by atoms with van der Waals surface area (Å²) in [5.41, 5.74) is 13.0. The molecular weight excluding hydrogens is 717 g/mol. The van der Waals surface area contributed by atoms with Crippen molar-refractivity contribution in [3.8, 4) is 27.9 Å². The summed E-state index contributed by atoms with van der Waals surface area (Å²) in [4.78, 5) is 2.47. The van der Waals surface area contributed by atoms with Gasteiger partial charge in [-0.15, -0.1) is 0 Å².